The number of rotatable bonds is 3. The second kappa shape index (κ2) is 11.8. The summed E-state index contributed by atoms with van der Waals surface area (Å²) in [4.78, 5) is 13.7. The minimum atomic E-state index is -2.08. The minimum Gasteiger partial charge on any atom is -0.501 e. The standard InChI is InChI=1S/C20H14N3O.C15H18NSi.Ir/c1-12-10-11-16-19(21-12)22-20(23(16)2)15-8-5-7-14-13-6-3-4-9-17(13)24-18(14)15;1-12-5-7-13(8-6-12)15-10-9-14(11-16-15)17(2,3)4;/h3-7,9-11H,1-2H3;5-7,9-11H,1-4H3;/q2*-1;/i;1D3;. The van der Waals surface area contributed by atoms with Crippen molar-refractivity contribution in [2.24, 2.45) is 7.05 Å². The number of pyridine rings is 2. The van der Waals surface area contributed by atoms with Gasteiger partial charge in [-0.3, -0.25) is 4.98 Å². The molecule has 0 aliphatic carbocycles. The van der Waals surface area contributed by atoms with E-state index in [4.69, 9.17) is 13.5 Å². The van der Waals surface area contributed by atoms with E-state index in [1.54, 1.807) is 12.1 Å². The van der Waals surface area contributed by atoms with Gasteiger partial charge in [0.15, 0.2) is 5.65 Å². The van der Waals surface area contributed by atoms with E-state index >= 15 is 0 Å². The number of fused-ring (bicyclic) bond motifs is 4. The molecule has 0 fully saturated rings. The summed E-state index contributed by atoms with van der Waals surface area (Å²) in [5.41, 5.74) is 7.20. The zero-order valence-corrected chi connectivity index (χ0v) is 27.5. The molecule has 4 aromatic heterocycles. The van der Waals surface area contributed by atoms with Gasteiger partial charge in [0.1, 0.15) is 5.58 Å². The first-order valence-corrected chi connectivity index (χ1v) is 17.0. The molecule has 0 atom stereocenters. The summed E-state index contributed by atoms with van der Waals surface area (Å²) in [7, 11) is 0.659. The van der Waals surface area contributed by atoms with Gasteiger partial charge in [0.2, 0.25) is 0 Å². The van der Waals surface area contributed by atoms with Gasteiger partial charge in [0.05, 0.1) is 25.0 Å². The summed E-state index contributed by atoms with van der Waals surface area (Å²) in [6, 6.07) is 31.4. The quantitative estimate of drug-likeness (QED) is 0.136. The Morgan fingerprint density at radius 3 is 2.45 bits per heavy atom. The number of furan rings is 1. The third-order valence-electron chi connectivity index (χ3n) is 7.17. The van der Waals surface area contributed by atoms with Crippen LogP contribution in [0.1, 0.15) is 15.4 Å². The number of para-hydroxylation sites is 1. The first-order valence-electron chi connectivity index (χ1n) is 15.0. The van der Waals surface area contributed by atoms with E-state index in [0.717, 1.165) is 61.4 Å². The zero-order chi connectivity index (χ0) is 31.2. The normalized spacial score (nSPS) is 12.7. The Labute approximate surface area is 265 Å². The van der Waals surface area contributed by atoms with Gasteiger partial charge in [-0.05, 0) is 36.0 Å². The molecule has 1 radical (unpaired) electrons. The number of benzene rings is 3. The maximum Gasteiger partial charge on any atom is 0.168 e. The molecule has 0 saturated heterocycles. The Morgan fingerprint density at radius 2 is 1.74 bits per heavy atom. The van der Waals surface area contributed by atoms with Crippen molar-refractivity contribution in [3.8, 4) is 22.6 Å². The molecule has 5 nitrogen and oxygen atoms in total. The second-order valence-electron chi connectivity index (χ2n) is 11.2. The first kappa shape index (κ1) is 25.8. The van der Waals surface area contributed by atoms with Crippen molar-refractivity contribution in [1.82, 2.24) is 19.5 Å². The summed E-state index contributed by atoms with van der Waals surface area (Å²) in [5.74, 6) is 0.813. The van der Waals surface area contributed by atoms with Crippen molar-refractivity contribution in [3.05, 3.63) is 108 Å². The molecule has 0 spiro atoms. The van der Waals surface area contributed by atoms with E-state index in [-0.39, 0.29) is 20.1 Å². The van der Waals surface area contributed by atoms with Crippen LogP contribution < -0.4 is 5.19 Å². The summed E-state index contributed by atoms with van der Waals surface area (Å²) < 4.78 is 30.2. The van der Waals surface area contributed by atoms with E-state index in [1.165, 1.54) is 11.3 Å². The molecule has 7 heteroatoms. The minimum absolute atomic E-state index is 0. The Hall–Kier alpha value is -3.90. The van der Waals surface area contributed by atoms with Crippen molar-refractivity contribution >= 4 is 46.4 Å². The molecule has 4 heterocycles. The molecular weight excluding hydrogens is 713 g/mol. The Morgan fingerprint density at radius 1 is 0.905 bits per heavy atom. The molecule has 0 aliphatic rings. The van der Waals surface area contributed by atoms with Crippen molar-refractivity contribution < 1.29 is 28.6 Å². The fraction of sp³-hybridized carbons (Fsp3) is 0.171. The topological polar surface area (TPSA) is 56.7 Å². The van der Waals surface area contributed by atoms with Gasteiger partial charge in [-0.1, -0.05) is 67.8 Å². The van der Waals surface area contributed by atoms with Gasteiger partial charge in [-0.2, -0.15) is 0 Å². The molecule has 0 saturated carbocycles. The molecule has 7 rings (SSSR count). The second-order valence-corrected chi connectivity index (χ2v) is 16.2. The molecule has 0 bridgehead atoms. The smallest absolute Gasteiger partial charge is 0.168 e. The maximum atomic E-state index is 7.35. The molecular formula is C35H32IrN4OSi-2. The number of aromatic nitrogens is 4. The molecule has 42 heavy (non-hydrogen) atoms. The van der Waals surface area contributed by atoms with Gasteiger partial charge in [-0.15, -0.1) is 53.6 Å². The molecule has 3 aromatic carbocycles. The van der Waals surface area contributed by atoms with Crippen LogP contribution in [0.4, 0.5) is 0 Å². The van der Waals surface area contributed by atoms with Crippen molar-refractivity contribution in [2.75, 3.05) is 0 Å². The molecule has 213 valence electrons. The average Bonchev–Trinajstić information content (AvgIpc) is 3.54. The Balaban J connectivity index is 0.000000177. The van der Waals surface area contributed by atoms with Crippen LogP contribution in [-0.4, -0.2) is 27.6 Å². The SMILES string of the molecule is Cc1ccc2c(n1)nc(-c1[c-]ccc3c1oc1ccccc13)n2C.[2H]C([2H])([2H])c1c[c-]c(-c2ccc([Si](C)(C)C)cn2)cc1.[Ir]. The fourth-order valence-corrected chi connectivity index (χ4v) is 5.87. The van der Waals surface area contributed by atoms with Crippen LogP contribution in [0.2, 0.25) is 19.6 Å². The van der Waals surface area contributed by atoms with E-state index in [2.05, 4.69) is 53.9 Å². The first-order chi connectivity index (χ1) is 20.9. The van der Waals surface area contributed by atoms with E-state index < -0.39 is 14.9 Å². The van der Waals surface area contributed by atoms with Crippen LogP contribution in [-0.2, 0) is 27.2 Å². The predicted molar refractivity (Wildman–Crippen MR) is 171 cm³/mol. The average molecular weight is 748 g/mol. The van der Waals surface area contributed by atoms with Crippen molar-refractivity contribution in [3.63, 3.8) is 0 Å². The van der Waals surface area contributed by atoms with Crippen LogP contribution >= 0.6 is 0 Å². The predicted octanol–water partition coefficient (Wildman–Crippen LogP) is 8.04. The summed E-state index contributed by atoms with van der Waals surface area (Å²) in [6.07, 6.45) is 1.92. The van der Waals surface area contributed by atoms with E-state index in [9.17, 15) is 0 Å². The van der Waals surface area contributed by atoms with Gasteiger partial charge < -0.3 is 14.0 Å². The summed E-state index contributed by atoms with van der Waals surface area (Å²) >= 11 is 0. The summed E-state index contributed by atoms with van der Waals surface area (Å²) in [6.45, 7) is 6.73. The number of imidazole rings is 1. The van der Waals surface area contributed by atoms with E-state index in [0.29, 0.717) is 5.56 Å². The molecule has 0 aliphatic heterocycles. The van der Waals surface area contributed by atoms with Crippen LogP contribution in [0.5, 0.6) is 0 Å². The van der Waals surface area contributed by atoms with Gasteiger partial charge in [0, 0.05) is 48.5 Å². The fourth-order valence-electron chi connectivity index (χ4n) is 4.83. The van der Waals surface area contributed by atoms with Crippen LogP contribution in [0, 0.1) is 25.9 Å². The van der Waals surface area contributed by atoms with Crippen LogP contribution in [0.25, 0.3) is 55.7 Å². The molecule has 0 unspecified atom stereocenters. The number of nitrogens with zero attached hydrogens (tertiary/aromatic N) is 4. The zero-order valence-electron chi connectivity index (χ0n) is 27.1. The third-order valence-corrected chi connectivity index (χ3v) is 9.19. The van der Waals surface area contributed by atoms with Gasteiger partial charge in [0.25, 0.3) is 0 Å². The number of hydrogen-bond donors (Lipinski definition) is 0. The van der Waals surface area contributed by atoms with Crippen molar-refractivity contribution in [2.45, 2.75) is 33.4 Å². The Bertz CT molecular complexity index is 2060. The molecule has 0 amide bonds. The van der Waals surface area contributed by atoms with Crippen LogP contribution in [0.15, 0.2) is 89.5 Å². The number of aryl methyl sites for hydroxylation is 3. The Kier molecular flexibility index (Phi) is 7.22. The van der Waals surface area contributed by atoms with E-state index in [1.807, 2.05) is 73.3 Å². The third kappa shape index (κ3) is 5.73. The molecule has 0 N–H and O–H groups in total. The van der Waals surface area contributed by atoms with Gasteiger partial charge in [-0.25, -0.2) is 4.98 Å². The van der Waals surface area contributed by atoms with Crippen molar-refractivity contribution in [1.29, 1.82) is 0 Å². The monoisotopic (exact) mass is 748 g/mol. The largest absolute Gasteiger partial charge is 0.501 e. The van der Waals surface area contributed by atoms with Crippen LogP contribution in [0.3, 0.4) is 0 Å². The molecule has 7 aromatic rings. The summed E-state index contributed by atoms with van der Waals surface area (Å²) in [5, 5.41) is 3.49. The maximum absolute atomic E-state index is 7.35. The number of hydrogen-bond acceptors (Lipinski definition) is 4. The van der Waals surface area contributed by atoms with Gasteiger partial charge >= 0.3 is 0 Å².